The lowest BCUT2D eigenvalue weighted by Gasteiger charge is -2.27. The third-order valence-electron chi connectivity index (χ3n) is 2.56. The number of nitrogens with zero attached hydrogens (tertiary/aromatic N) is 1. The quantitative estimate of drug-likeness (QED) is 0.488. The van der Waals surface area contributed by atoms with E-state index in [0.717, 1.165) is 10.6 Å². The third-order valence-corrected chi connectivity index (χ3v) is 4.53. The molecule has 0 aliphatic carbocycles. The van der Waals surface area contributed by atoms with Crippen molar-refractivity contribution in [2.75, 3.05) is 18.6 Å². The third kappa shape index (κ3) is 6.10. The summed E-state index contributed by atoms with van der Waals surface area (Å²) in [6, 6.07) is -0.437. The Labute approximate surface area is 124 Å². The van der Waals surface area contributed by atoms with Crippen LogP contribution in [-0.4, -0.2) is 60.5 Å². The van der Waals surface area contributed by atoms with Gasteiger partial charge >= 0.3 is 11.9 Å². The summed E-state index contributed by atoms with van der Waals surface area (Å²) in [4.78, 5) is 22.7. The maximum absolute atomic E-state index is 11.6. The molecule has 0 amide bonds. The highest BCUT2D eigenvalue weighted by Crippen LogP contribution is 2.11. The number of carbonyl (C=O) groups excluding carboxylic acids is 1. The van der Waals surface area contributed by atoms with Crippen molar-refractivity contribution in [1.29, 1.82) is 0 Å². The minimum absolute atomic E-state index is 0.213. The Bertz CT molecular complexity index is 448. The second-order valence-electron chi connectivity index (χ2n) is 4.77. The molecule has 0 rings (SSSR count). The van der Waals surface area contributed by atoms with Gasteiger partial charge in [0.2, 0.25) is 16.1 Å². The van der Waals surface area contributed by atoms with E-state index in [1.165, 1.54) is 0 Å². The molecule has 0 radical (unpaired) electrons. The van der Waals surface area contributed by atoms with Crippen molar-refractivity contribution in [3.63, 3.8) is 0 Å². The molecule has 0 aliphatic rings. The van der Waals surface area contributed by atoms with E-state index in [-0.39, 0.29) is 5.75 Å². The average molecular weight is 327 g/mol. The molecule has 118 valence electrons. The van der Waals surface area contributed by atoms with Gasteiger partial charge in [-0.15, -0.1) is 0 Å². The summed E-state index contributed by atoms with van der Waals surface area (Å²) in [5.74, 6) is -2.46. The molecule has 2 atom stereocenters. The molecule has 1 N–H and O–H groups in total. The summed E-state index contributed by atoms with van der Waals surface area (Å²) in [6.45, 7) is 4.35. The molecule has 0 heterocycles. The topological polar surface area (TPSA) is 101 Å². The van der Waals surface area contributed by atoms with Gasteiger partial charge in [0, 0.05) is 11.8 Å². The van der Waals surface area contributed by atoms with Crippen LogP contribution in [0.2, 0.25) is 0 Å². The second-order valence-corrected chi connectivity index (χ2v) is 7.07. The molecule has 0 aliphatic heterocycles. The monoisotopic (exact) mass is 327 g/mol. The SMILES string of the molecule is CC(C)N(CC(OC(=O)[C@H](C)CS)C(=O)O)S(C)(=O)=O. The highest BCUT2D eigenvalue weighted by molar-refractivity contribution is 7.88. The van der Waals surface area contributed by atoms with Crippen LogP contribution < -0.4 is 0 Å². The summed E-state index contributed by atoms with van der Waals surface area (Å²) in [6.07, 6.45) is -0.564. The Morgan fingerprint density at radius 2 is 1.80 bits per heavy atom. The van der Waals surface area contributed by atoms with Crippen molar-refractivity contribution in [3.05, 3.63) is 0 Å². The molecule has 0 bridgehead atoms. The number of hydrogen-bond donors (Lipinski definition) is 2. The van der Waals surface area contributed by atoms with Gasteiger partial charge in [0.05, 0.1) is 18.7 Å². The molecular formula is C11H21NO6S2. The smallest absolute Gasteiger partial charge is 0.346 e. The first-order chi connectivity index (χ1) is 9.00. The lowest BCUT2D eigenvalue weighted by molar-refractivity contribution is -0.166. The van der Waals surface area contributed by atoms with Crippen LogP contribution in [0.3, 0.4) is 0 Å². The lowest BCUT2D eigenvalue weighted by Crippen LogP contribution is -2.46. The number of thiol groups is 1. The number of carboxylic acid groups (broad SMARTS) is 1. The van der Waals surface area contributed by atoms with Crippen LogP contribution >= 0.6 is 12.6 Å². The predicted molar refractivity (Wildman–Crippen MR) is 77.2 cm³/mol. The Morgan fingerprint density at radius 1 is 1.30 bits per heavy atom. The van der Waals surface area contributed by atoms with Crippen LogP contribution in [0.4, 0.5) is 0 Å². The van der Waals surface area contributed by atoms with Crippen LogP contribution in [-0.2, 0) is 24.3 Å². The van der Waals surface area contributed by atoms with Gasteiger partial charge < -0.3 is 9.84 Å². The number of aliphatic carboxylic acids is 1. The number of carboxylic acids is 1. The van der Waals surface area contributed by atoms with Crippen molar-refractivity contribution in [2.45, 2.75) is 32.9 Å². The lowest BCUT2D eigenvalue weighted by atomic mass is 10.2. The van der Waals surface area contributed by atoms with E-state index >= 15 is 0 Å². The van der Waals surface area contributed by atoms with Crippen LogP contribution in [0.5, 0.6) is 0 Å². The molecule has 0 aromatic carbocycles. The first kappa shape index (κ1) is 19.2. The van der Waals surface area contributed by atoms with Gasteiger partial charge in [-0.25, -0.2) is 13.2 Å². The highest BCUT2D eigenvalue weighted by atomic mass is 32.2. The number of rotatable bonds is 8. The Kier molecular flexibility index (Phi) is 7.53. The molecule has 0 saturated heterocycles. The van der Waals surface area contributed by atoms with Gasteiger partial charge in [0.25, 0.3) is 0 Å². The van der Waals surface area contributed by atoms with Crippen molar-refractivity contribution in [1.82, 2.24) is 4.31 Å². The molecule has 9 heteroatoms. The number of sulfonamides is 1. The molecule has 1 unspecified atom stereocenters. The highest BCUT2D eigenvalue weighted by Gasteiger charge is 2.31. The zero-order chi connectivity index (χ0) is 16.1. The van der Waals surface area contributed by atoms with E-state index in [1.54, 1.807) is 20.8 Å². The van der Waals surface area contributed by atoms with Crippen LogP contribution in [0, 0.1) is 5.92 Å². The summed E-state index contributed by atoms with van der Waals surface area (Å²) >= 11 is 3.92. The van der Waals surface area contributed by atoms with E-state index in [4.69, 9.17) is 9.84 Å². The number of carbonyl (C=O) groups is 2. The maximum Gasteiger partial charge on any atom is 0.346 e. The molecule has 7 nitrogen and oxygen atoms in total. The zero-order valence-corrected chi connectivity index (χ0v) is 13.6. The van der Waals surface area contributed by atoms with E-state index < -0.39 is 46.6 Å². The second kappa shape index (κ2) is 7.84. The predicted octanol–water partition coefficient (Wildman–Crippen LogP) is 0.219. The fourth-order valence-corrected chi connectivity index (χ4v) is 2.71. The number of hydrogen-bond acceptors (Lipinski definition) is 6. The fourth-order valence-electron chi connectivity index (χ4n) is 1.39. The largest absolute Gasteiger partial charge is 0.478 e. The van der Waals surface area contributed by atoms with Gasteiger partial charge in [-0.2, -0.15) is 16.9 Å². The summed E-state index contributed by atoms with van der Waals surface area (Å²) in [7, 11) is -3.59. The molecule has 0 fully saturated rings. The Balaban J connectivity index is 5.03. The van der Waals surface area contributed by atoms with Crippen molar-refractivity contribution in [2.24, 2.45) is 5.92 Å². The first-order valence-corrected chi connectivity index (χ1v) is 8.49. The van der Waals surface area contributed by atoms with Crippen LogP contribution in [0.1, 0.15) is 20.8 Å². The Morgan fingerprint density at radius 3 is 2.10 bits per heavy atom. The minimum Gasteiger partial charge on any atom is -0.478 e. The van der Waals surface area contributed by atoms with Gasteiger partial charge in [0.15, 0.2) is 0 Å². The van der Waals surface area contributed by atoms with Gasteiger partial charge in [-0.1, -0.05) is 6.92 Å². The van der Waals surface area contributed by atoms with Crippen LogP contribution in [0.25, 0.3) is 0 Å². The molecule has 0 aromatic heterocycles. The van der Waals surface area contributed by atoms with E-state index in [1.807, 2.05) is 0 Å². The van der Waals surface area contributed by atoms with Crippen molar-refractivity contribution < 1.29 is 27.9 Å². The molecule has 20 heavy (non-hydrogen) atoms. The first-order valence-electron chi connectivity index (χ1n) is 6.01. The van der Waals surface area contributed by atoms with Crippen molar-refractivity contribution >= 4 is 34.6 Å². The minimum atomic E-state index is -3.59. The summed E-state index contributed by atoms with van der Waals surface area (Å²) in [5.41, 5.74) is 0. The fraction of sp³-hybridized carbons (Fsp3) is 0.818. The molecule has 0 spiro atoms. The van der Waals surface area contributed by atoms with E-state index in [9.17, 15) is 18.0 Å². The standard InChI is InChI=1S/C11H21NO6S2/c1-7(2)12(20(4,16)17)5-9(10(13)14)18-11(15)8(3)6-19/h7-9,19H,5-6H2,1-4H3,(H,13,14)/t8-,9?/m1/s1. The number of esters is 1. The molecule has 0 saturated carbocycles. The number of ether oxygens (including phenoxy) is 1. The van der Waals surface area contributed by atoms with E-state index in [2.05, 4.69) is 12.6 Å². The summed E-state index contributed by atoms with van der Waals surface area (Å²) in [5, 5.41) is 9.06. The van der Waals surface area contributed by atoms with Crippen LogP contribution in [0.15, 0.2) is 0 Å². The molecular weight excluding hydrogens is 306 g/mol. The van der Waals surface area contributed by atoms with Gasteiger partial charge in [-0.3, -0.25) is 4.79 Å². The molecule has 0 aromatic rings. The van der Waals surface area contributed by atoms with Gasteiger partial charge in [0.1, 0.15) is 0 Å². The maximum atomic E-state index is 11.6. The van der Waals surface area contributed by atoms with E-state index in [0.29, 0.717) is 0 Å². The normalized spacial score (nSPS) is 15.2. The zero-order valence-electron chi connectivity index (χ0n) is 11.9. The average Bonchev–Trinajstić information content (AvgIpc) is 2.30. The van der Waals surface area contributed by atoms with Gasteiger partial charge in [-0.05, 0) is 13.8 Å². The Hall–Kier alpha value is -0.800. The van der Waals surface area contributed by atoms with Crippen molar-refractivity contribution in [3.8, 4) is 0 Å². The summed E-state index contributed by atoms with van der Waals surface area (Å²) < 4.78 is 29.0.